The number of carbonyl (C=O) groups excluding carboxylic acids is 4. The Hall–Kier alpha value is -4.50. The molecule has 43 heavy (non-hydrogen) atoms. The van der Waals surface area contributed by atoms with Gasteiger partial charge in [0.15, 0.2) is 0 Å². The van der Waals surface area contributed by atoms with Crippen molar-refractivity contribution in [3.63, 3.8) is 0 Å². The predicted molar refractivity (Wildman–Crippen MR) is 164 cm³/mol. The lowest BCUT2D eigenvalue weighted by atomic mass is 9.79. The lowest BCUT2D eigenvalue weighted by Gasteiger charge is -2.26. The molecular formula is C34H37N5O4. The van der Waals surface area contributed by atoms with Crippen LogP contribution in [0.4, 0.5) is 11.4 Å². The molecule has 0 radical (unpaired) electrons. The topological polar surface area (TPSA) is 111 Å². The Kier molecular flexibility index (Phi) is 7.75. The molecule has 2 atom stereocenters. The van der Waals surface area contributed by atoms with E-state index in [4.69, 9.17) is 0 Å². The van der Waals surface area contributed by atoms with Crippen LogP contribution in [0, 0.1) is 5.92 Å². The number of rotatable bonds is 8. The van der Waals surface area contributed by atoms with Crippen molar-refractivity contribution >= 4 is 35.0 Å². The number of hydrogen-bond acceptors (Lipinski definition) is 5. The van der Waals surface area contributed by atoms with Crippen LogP contribution in [0.1, 0.15) is 41.2 Å². The van der Waals surface area contributed by atoms with Gasteiger partial charge >= 0.3 is 0 Å². The van der Waals surface area contributed by atoms with Crippen molar-refractivity contribution in [3.05, 3.63) is 94.5 Å². The van der Waals surface area contributed by atoms with Gasteiger partial charge in [0.2, 0.25) is 23.6 Å². The molecule has 6 rings (SSSR count). The summed E-state index contributed by atoms with van der Waals surface area (Å²) in [7, 11) is 1.87. The third-order valence-electron chi connectivity index (χ3n) is 9.08. The number of para-hydroxylation sites is 1. The maximum Gasteiger partial charge on any atom is 0.244 e. The molecular weight excluding hydrogens is 542 g/mol. The summed E-state index contributed by atoms with van der Waals surface area (Å²) in [6, 6.07) is 21.5. The molecule has 2 aliphatic heterocycles. The molecule has 4 amide bonds. The number of nitrogens with one attached hydrogen (secondary N) is 3. The van der Waals surface area contributed by atoms with Crippen LogP contribution < -0.4 is 16.0 Å². The minimum atomic E-state index is -0.624. The summed E-state index contributed by atoms with van der Waals surface area (Å²) in [6.45, 7) is 3.25. The van der Waals surface area contributed by atoms with Crippen molar-refractivity contribution < 1.29 is 19.2 Å². The number of nitrogens with zero attached hydrogens (tertiary/aromatic N) is 2. The Morgan fingerprint density at radius 1 is 1.00 bits per heavy atom. The van der Waals surface area contributed by atoms with Crippen molar-refractivity contribution in [2.75, 3.05) is 37.3 Å². The Bertz CT molecular complexity index is 1600. The molecule has 0 aromatic heterocycles. The fraction of sp³-hybridized carbons (Fsp3) is 0.353. The van der Waals surface area contributed by atoms with Crippen LogP contribution in [0.2, 0.25) is 0 Å². The first kappa shape index (κ1) is 28.6. The third kappa shape index (κ3) is 5.52. The average Bonchev–Trinajstić information content (AvgIpc) is 3.70. The zero-order valence-corrected chi connectivity index (χ0v) is 24.6. The monoisotopic (exact) mass is 579 g/mol. The lowest BCUT2D eigenvalue weighted by molar-refractivity contribution is -0.139. The standard InChI is InChI=1S/C34H37N5O4/c1-22(40)38-14-13-26(20-38)32(42)39(19-25-8-4-3-7-24(25)18-35-2)21-31(41)36-28-12-11-23-16-34(17-27(23)15-28)29-9-5-6-10-30(29)37-33(34)43/h3-12,15,26,35H,13-14,16-21H2,1-2H3,(H,36,41)(H,37,43). The van der Waals surface area contributed by atoms with Crippen LogP contribution >= 0.6 is 0 Å². The molecule has 1 fully saturated rings. The molecule has 3 aromatic carbocycles. The summed E-state index contributed by atoms with van der Waals surface area (Å²) in [5.74, 6) is -0.795. The van der Waals surface area contributed by atoms with Crippen LogP contribution in [-0.4, -0.2) is 60.1 Å². The summed E-state index contributed by atoms with van der Waals surface area (Å²) >= 11 is 0. The molecule has 3 N–H and O–H groups in total. The summed E-state index contributed by atoms with van der Waals surface area (Å²) in [5, 5.41) is 9.20. The number of amides is 4. The minimum Gasteiger partial charge on any atom is -0.342 e. The molecule has 1 saturated heterocycles. The first-order chi connectivity index (χ1) is 20.8. The average molecular weight is 580 g/mol. The van der Waals surface area contributed by atoms with Crippen LogP contribution in [-0.2, 0) is 50.5 Å². The van der Waals surface area contributed by atoms with Crippen molar-refractivity contribution in [1.29, 1.82) is 0 Å². The van der Waals surface area contributed by atoms with E-state index >= 15 is 0 Å². The summed E-state index contributed by atoms with van der Waals surface area (Å²) < 4.78 is 0. The van der Waals surface area contributed by atoms with Gasteiger partial charge in [-0.25, -0.2) is 0 Å². The SMILES string of the molecule is CNCc1ccccc1CN(CC(=O)Nc1ccc2c(c1)CC1(C2)C(=O)Nc2ccccc21)C(=O)C1CCN(C(C)=O)C1. The first-order valence-electron chi connectivity index (χ1n) is 14.9. The van der Waals surface area contributed by atoms with Gasteiger partial charge in [-0.3, -0.25) is 19.2 Å². The quantitative estimate of drug-likeness (QED) is 0.380. The van der Waals surface area contributed by atoms with Crippen LogP contribution in [0.3, 0.4) is 0 Å². The first-order valence-corrected chi connectivity index (χ1v) is 14.9. The highest BCUT2D eigenvalue weighted by atomic mass is 16.2. The Morgan fingerprint density at radius 3 is 2.51 bits per heavy atom. The van der Waals surface area contributed by atoms with E-state index in [1.807, 2.05) is 73.8 Å². The van der Waals surface area contributed by atoms with Gasteiger partial charge in [-0.15, -0.1) is 0 Å². The maximum absolute atomic E-state index is 13.8. The molecule has 1 aliphatic carbocycles. The largest absolute Gasteiger partial charge is 0.342 e. The predicted octanol–water partition coefficient (Wildman–Crippen LogP) is 3.23. The van der Waals surface area contributed by atoms with Crippen LogP contribution in [0.25, 0.3) is 0 Å². The molecule has 3 aliphatic rings. The van der Waals surface area contributed by atoms with E-state index in [9.17, 15) is 19.2 Å². The molecule has 9 heteroatoms. The van der Waals surface area contributed by atoms with E-state index in [1.165, 1.54) is 6.92 Å². The molecule has 0 bridgehead atoms. The van der Waals surface area contributed by atoms with E-state index in [2.05, 4.69) is 16.0 Å². The van der Waals surface area contributed by atoms with Crippen molar-refractivity contribution in [2.24, 2.45) is 5.92 Å². The number of likely N-dealkylation sites (tertiary alicyclic amines) is 1. The minimum absolute atomic E-state index is 0.0124. The lowest BCUT2D eigenvalue weighted by Crippen LogP contribution is -2.42. The third-order valence-corrected chi connectivity index (χ3v) is 9.08. The van der Waals surface area contributed by atoms with Gasteiger partial charge in [-0.1, -0.05) is 48.5 Å². The zero-order valence-electron chi connectivity index (χ0n) is 24.6. The summed E-state index contributed by atoms with van der Waals surface area (Å²) in [4.78, 5) is 55.5. The molecule has 0 saturated carbocycles. The molecule has 2 heterocycles. The number of fused-ring (bicyclic) bond motifs is 3. The zero-order chi connectivity index (χ0) is 30.1. The van der Waals surface area contributed by atoms with E-state index in [1.54, 1.807) is 9.80 Å². The van der Waals surface area contributed by atoms with E-state index in [0.717, 1.165) is 33.5 Å². The summed E-state index contributed by atoms with van der Waals surface area (Å²) in [5.41, 5.74) is 6.06. The van der Waals surface area contributed by atoms with Gasteiger partial charge in [-0.2, -0.15) is 0 Å². The van der Waals surface area contributed by atoms with Gasteiger partial charge in [-0.05, 0) is 72.3 Å². The smallest absolute Gasteiger partial charge is 0.244 e. The van der Waals surface area contributed by atoms with E-state index in [-0.39, 0.29) is 36.1 Å². The molecule has 3 aromatic rings. The van der Waals surface area contributed by atoms with Gasteiger partial charge in [0.05, 0.1) is 11.3 Å². The normalized spacial score (nSPS) is 20.1. The Balaban J connectivity index is 1.19. The number of benzene rings is 3. The molecule has 1 spiro atoms. The molecule has 2 unspecified atom stereocenters. The van der Waals surface area contributed by atoms with Crippen LogP contribution in [0.5, 0.6) is 0 Å². The van der Waals surface area contributed by atoms with Crippen molar-refractivity contribution in [1.82, 2.24) is 15.1 Å². The fourth-order valence-electron chi connectivity index (χ4n) is 6.85. The Morgan fingerprint density at radius 2 is 1.74 bits per heavy atom. The second-order valence-corrected chi connectivity index (χ2v) is 11.9. The van der Waals surface area contributed by atoms with Gasteiger partial charge in [0.25, 0.3) is 0 Å². The Labute approximate surface area is 251 Å². The second kappa shape index (κ2) is 11.6. The highest BCUT2D eigenvalue weighted by Gasteiger charge is 2.50. The maximum atomic E-state index is 13.8. The van der Waals surface area contributed by atoms with Crippen molar-refractivity contribution in [2.45, 2.75) is 44.7 Å². The molecule has 222 valence electrons. The second-order valence-electron chi connectivity index (χ2n) is 11.9. The summed E-state index contributed by atoms with van der Waals surface area (Å²) in [6.07, 6.45) is 1.76. The van der Waals surface area contributed by atoms with Crippen LogP contribution in [0.15, 0.2) is 66.7 Å². The number of carbonyl (C=O) groups is 4. The van der Waals surface area contributed by atoms with E-state index in [0.29, 0.717) is 51.1 Å². The van der Waals surface area contributed by atoms with Gasteiger partial charge < -0.3 is 25.8 Å². The highest BCUT2D eigenvalue weighted by molar-refractivity contribution is 6.07. The van der Waals surface area contributed by atoms with Crippen molar-refractivity contribution in [3.8, 4) is 0 Å². The number of anilines is 2. The molecule has 9 nitrogen and oxygen atoms in total. The number of hydrogen-bond donors (Lipinski definition) is 3. The highest BCUT2D eigenvalue weighted by Crippen LogP contribution is 2.47. The van der Waals surface area contributed by atoms with Gasteiger partial charge in [0, 0.05) is 44.5 Å². The van der Waals surface area contributed by atoms with Gasteiger partial charge in [0.1, 0.15) is 6.54 Å². The van der Waals surface area contributed by atoms with E-state index < -0.39 is 5.41 Å². The fourth-order valence-corrected chi connectivity index (χ4v) is 6.85.